The van der Waals surface area contributed by atoms with Crippen LogP contribution < -0.4 is 0 Å². The lowest BCUT2D eigenvalue weighted by Gasteiger charge is -2.18. The van der Waals surface area contributed by atoms with Crippen molar-refractivity contribution in [3.63, 3.8) is 0 Å². The monoisotopic (exact) mass is 937 g/mol. The van der Waals surface area contributed by atoms with Crippen LogP contribution in [0.2, 0.25) is 0 Å². The summed E-state index contributed by atoms with van der Waals surface area (Å²) >= 11 is 0. The van der Waals surface area contributed by atoms with E-state index in [1.54, 1.807) is 0 Å². The molecule has 6 nitrogen and oxygen atoms in total. The van der Waals surface area contributed by atoms with Gasteiger partial charge in [0.1, 0.15) is 13.2 Å². The van der Waals surface area contributed by atoms with E-state index < -0.39 is 6.10 Å². The van der Waals surface area contributed by atoms with Crippen LogP contribution in [0.5, 0.6) is 0 Å². The third-order valence-corrected chi connectivity index (χ3v) is 12.5. The van der Waals surface area contributed by atoms with Crippen LogP contribution in [-0.2, 0) is 28.6 Å². The molecule has 0 N–H and O–H groups in total. The first-order valence-corrected chi connectivity index (χ1v) is 28.8. The van der Waals surface area contributed by atoms with Gasteiger partial charge in [0, 0.05) is 19.3 Å². The van der Waals surface area contributed by atoms with Crippen LogP contribution in [0.4, 0.5) is 0 Å². The van der Waals surface area contributed by atoms with Gasteiger partial charge in [-0.3, -0.25) is 14.4 Å². The predicted octanol–water partition coefficient (Wildman–Crippen LogP) is 19.2. The van der Waals surface area contributed by atoms with Gasteiger partial charge in [0.15, 0.2) is 6.10 Å². The van der Waals surface area contributed by atoms with Crippen molar-refractivity contribution in [2.24, 2.45) is 0 Å². The normalized spacial score (nSPS) is 12.5. The van der Waals surface area contributed by atoms with Crippen LogP contribution in [0.15, 0.2) is 60.8 Å². The van der Waals surface area contributed by atoms with Gasteiger partial charge >= 0.3 is 17.9 Å². The zero-order valence-electron chi connectivity index (χ0n) is 44.4. The number of ether oxygens (including phenoxy) is 3. The lowest BCUT2D eigenvalue weighted by molar-refractivity contribution is -0.167. The zero-order chi connectivity index (χ0) is 48.6. The van der Waals surface area contributed by atoms with E-state index in [2.05, 4.69) is 81.5 Å². The standard InChI is InChI=1S/C61H108O6/c1-4-7-10-13-16-19-22-25-28-29-30-31-34-37-40-43-46-49-52-55-61(64)67-58(56-65-59(62)53-50-47-44-41-38-35-32-26-23-20-17-14-11-8-5-2)57-66-60(63)54-51-48-45-42-39-36-33-27-24-21-18-15-12-9-6-3/h16,19-20,23,25,28,30-31,37,40,58H,4-15,17-18,21-22,24,26-27,29,32-36,38-39,41-57H2,1-3H3/b19-16-,23-20-,28-25-,31-30-,40-37-/t58-/m1/s1. The summed E-state index contributed by atoms with van der Waals surface area (Å²) in [5, 5.41) is 0. The maximum Gasteiger partial charge on any atom is 0.306 e. The molecule has 0 bridgehead atoms. The molecule has 0 unspecified atom stereocenters. The average Bonchev–Trinajstić information content (AvgIpc) is 3.33. The van der Waals surface area contributed by atoms with E-state index in [0.29, 0.717) is 19.3 Å². The molecule has 0 spiro atoms. The first kappa shape index (κ1) is 64.1. The first-order chi connectivity index (χ1) is 33.0. The number of hydrogen-bond donors (Lipinski definition) is 0. The number of esters is 3. The Morgan fingerprint density at radius 3 is 0.910 bits per heavy atom. The Morgan fingerprint density at radius 1 is 0.299 bits per heavy atom. The molecule has 0 heterocycles. The van der Waals surface area contributed by atoms with Crippen LogP contribution >= 0.6 is 0 Å². The molecule has 0 fully saturated rings. The summed E-state index contributed by atoms with van der Waals surface area (Å²) in [6.07, 6.45) is 69.2. The van der Waals surface area contributed by atoms with Crippen LogP contribution in [0.3, 0.4) is 0 Å². The summed E-state index contributed by atoms with van der Waals surface area (Å²) in [5.41, 5.74) is 0. The maximum atomic E-state index is 12.8. The second kappa shape index (κ2) is 55.7. The lowest BCUT2D eigenvalue weighted by atomic mass is 10.0. The van der Waals surface area contributed by atoms with Crippen molar-refractivity contribution >= 4 is 17.9 Å². The third-order valence-electron chi connectivity index (χ3n) is 12.5. The van der Waals surface area contributed by atoms with Gasteiger partial charge in [0.05, 0.1) is 0 Å². The zero-order valence-corrected chi connectivity index (χ0v) is 44.4. The van der Waals surface area contributed by atoms with Gasteiger partial charge < -0.3 is 14.2 Å². The largest absolute Gasteiger partial charge is 0.462 e. The lowest BCUT2D eigenvalue weighted by Crippen LogP contribution is -2.30. The molecular weight excluding hydrogens is 829 g/mol. The quantitative estimate of drug-likeness (QED) is 0.0262. The summed E-state index contributed by atoms with van der Waals surface area (Å²) < 4.78 is 16.8. The Morgan fingerprint density at radius 2 is 0.537 bits per heavy atom. The molecule has 0 amide bonds. The van der Waals surface area contributed by atoms with E-state index >= 15 is 0 Å². The van der Waals surface area contributed by atoms with Crippen LogP contribution in [0.1, 0.15) is 290 Å². The van der Waals surface area contributed by atoms with E-state index in [-0.39, 0.29) is 31.1 Å². The fourth-order valence-electron chi connectivity index (χ4n) is 8.13. The predicted molar refractivity (Wildman–Crippen MR) is 288 cm³/mol. The first-order valence-electron chi connectivity index (χ1n) is 28.8. The second-order valence-electron chi connectivity index (χ2n) is 19.2. The molecule has 0 aliphatic carbocycles. The Kier molecular flexibility index (Phi) is 53.3. The van der Waals surface area contributed by atoms with Crippen molar-refractivity contribution in [2.75, 3.05) is 13.2 Å². The molecule has 1 atom stereocenters. The molecule has 67 heavy (non-hydrogen) atoms. The fourth-order valence-corrected chi connectivity index (χ4v) is 8.13. The van der Waals surface area contributed by atoms with Crippen molar-refractivity contribution in [2.45, 2.75) is 297 Å². The highest BCUT2D eigenvalue weighted by molar-refractivity contribution is 5.71. The minimum Gasteiger partial charge on any atom is -0.462 e. The minimum atomic E-state index is -0.791. The molecule has 0 aromatic heterocycles. The summed E-state index contributed by atoms with van der Waals surface area (Å²) in [5.74, 6) is -0.910. The molecule has 0 radical (unpaired) electrons. The molecule has 6 heteroatoms. The van der Waals surface area contributed by atoms with Crippen molar-refractivity contribution in [3.05, 3.63) is 60.8 Å². The summed E-state index contributed by atoms with van der Waals surface area (Å²) in [6, 6.07) is 0. The maximum absolute atomic E-state index is 12.8. The van der Waals surface area contributed by atoms with Crippen molar-refractivity contribution in [3.8, 4) is 0 Å². The van der Waals surface area contributed by atoms with Crippen LogP contribution in [-0.4, -0.2) is 37.2 Å². The highest BCUT2D eigenvalue weighted by Gasteiger charge is 2.19. The molecule has 0 aliphatic rings. The molecule has 0 rings (SSSR count). The summed E-state index contributed by atoms with van der Waals surface area (Å²) in [4.78, 5) is 38.1. The Bertz CT molecular complexity index is 1210. The van der Waals surface area contributed by atoms with E-state index in [9.17, 15) is 14.4 Å². The van der Waals surface area contributed by atoms with Crippen molar-refractivity contribution in [1.29, 1.82) is 0 Å². The average molecular weight is 938 g/mol. The van der Waals surface area contributed by atoms with Gasteiger partial charge in [-0.05, 0) is 89.9 Å². The van der Waals surface area contributed by atoms with Crippen LogP contribution in [0, 0.1) is 0 Å². The smallest absolute Gasteiger partial charge is 0.306 e. The summed E-state index contributed by atoms with van der Waals surface area (Å²) in [7, 11) is 0. The van der Waals surface area contributed by atoms with E-state index in [1.165, 1.54) is 167 Å². The Labute approximate surface area is 415 Å². The van der Waals surface area contributed by atoms with Gasteiger partial charge in [0.25, 0.3) is 0 Å². The fraction of sp³-hybridized carbons (Fsp3) is 0.787. The van der Waals surface area contributed by atoms with Gasteiger partial charge in [0.2, 0.25) is 0 Å². The molecule has 0 aromatic rings. The van der Waals surface area contributed by atoms with Gasteiger partial charge in [-0.2, -0.15) is 0 Å². The van der Waals surface area contributed by atoms with Gasteiger partial charge in [-0.25, -0.2) is 0 Å². The molecule has 388 valence electrons. The van der Waals surface area contributed by atoms with E-state index in [4.69, 9.17) is 14.2 Å². The number of unbranched alkanes of at least 4 members (excludes halogenated alkanes) is 31. The number of carbonyl (C=O) groups excluding carboxylic acids is 3. The molecule has 0 aromatic carbocycles. The number of allylic oxidation sites excluding steroid dienone is 10. The highest BCUT2D eigenvalue weighted by Crippen LogP contribution is 2.16. The molecular formula is C61H108O6. The molecule has 0 aliphatic heterocycles. The number of hydrogen-bond acceptors (Lipinski definition) is 6. The second-order valence-corrected chi connectivity index (χ2v) is 19.2. The van der Waals surface area contributed by atoms with Gasteiger partial charge in [-0.1, -0.05) is 242 Å². The van der Waals surface area contributed by atoms with Crippen molar-refractivity contribution in [1.82, 2.24) is 0 Å². The third kappa shape index (κ3) is 53.9. The highest BCUT2D eigenvalue weighted by atomic mass is 16.6. The molecule has 0 saturated carbocycles. The minimum absolute atomic E-state index is 0.0859. The van der Waals surface area contributed by atoms with Crippen LogP contribution in [0.25, 0.3) is 0 Å². The SMILES string of the molecule is CCCCC/C=C\C/C=C\C/C=C\C/C=C\CCCCCC(=O)O[C@H](COC(=O)CCCCCCCCC/C=C\CCCCCC)COC(=O)CCCCCCCCCCCCCCCCC. The van der Waals surface area contributed by atoms with E-state index in [1.807, 2.05) is 0 Å². The Hall–Kier alpha value is -2.89. The summed E-state index contributed by atoms with van der Waals surface area (Å²) in [6.45, 7) is 6.60. The number of carbonyl (C=O) groups is 3. The molecule has 0 saturated heterocycles. The van der Waals surface area contributed by atoms with Crippen molar-refractivity contribution < 1.29 is 28.6 Å². The topological polar surface area (TPSA) is 78.9 Å². The number of rotatable bonds is 52. The van der Waals surface area contributed by atoms with Gasteiger partial charge in [-0.15, -0.1) is 0 Å². The Balaban J connectivity index is 4.43. The van der Waals surface area contributed by atoms with E-state index in [0.717, 1.165) is 83.5 Å².